The second-order valence-electron chi connectivity index (χ2n) is 4.75. The van der Waals surface area contributed by atoms with Gasteiger partial charge in [-0.3, -0.25) is 4.79 Å². The Morgan fingerprint density at radius 1 is 1.41 bits per heavy atom. The number of likely N-dealkylation sites (N-methyl/N-ethyl adjacent to an activating group) is 1. The molecular weight excluding hydrogens is 220 g/mol. The third kappa shape index (κ3) is 8.30. The van der Waals surface area contributed by atoms with Crippen LogP contribution in [0.15, 0.2) is 12.7 Å². The number of ether oxygens (including phenoxy) is 1. The van der Waals surface area contributed by atoms with Crippen molar-refractivity contribution in [1.82, 2.24) is 10.2 Å². The van der Waals surface area contributed by atoms with Gasteiger partial charge in [-0.25, -0.2) is 4.79 Å². The van der Waals surface area contributed by atoms with Crippen molar-refractivity contribution in [3.8, 4) is 0 Å². The van der Waals surface area contributed by atoms with E-state index in [0.717, 1.165) is 6.42 Å². The standard InChI is InChI=1S/C12H22N2O3/c1-6-7-8-14(5)10(15)9-13-11(16)17-12(2,3)4/h6H,1,7-9H2,2-5H3,(H,13,16). The van der Waals surface area contributed by atoms with E-state index >= 15 is 0 Å². The zero-order valence-corrected chi connectivity index (χ0v) is 11.1. The minimum atomic E-state index is -0.581. The van der Waals surface area contributed by atoms with Crippen LogP contribution in [0.5, 0.6) is 0 Å². The molecule has 0 saturated carbocycles. The first-order chi connectivity index (χ1) is 7.76. The quantitative estimate of drug-likeness (QED) is 0.744. The highest BCUT2D eigenvalue weighted by Crippen LogP contribution is 2.06. The van der Waals surface area contributed by atoms with Crippen molar-refractivity contribution in [3.63, 3.8) is 0 Å². The predicted octanol–water partition coefficient (Wildman–Crippen LogP) is 1.55. The van der Waals surface area contributed by atoms with Gasteiger partial charge in [-0.15, -0.1) is 6.58 Å². The summed E-state index contributed by atoms with van der Waals surface area (Å²) in [5, 5.41) is 2.42. The van der Waals surface area contributed by atoms with Crippen LogP contribution in [0.4, 0.5) is 4.79 Å². The molecule has 0 spiro atoms. The van der Waals surface area contributed by atoms with Crippen LogP contribution >= 0.6 is 0 Å². The third-order valence-corrected chi connectivity index (χ3v) is 1.88. The van der Waals surface area contributed by atoms with Crippen LogP contribution < -0.4 is 5.32 Å². The fourth-order valence-electron chi connectivity index (χ4n) is 1.01. The van der Waals surface area contributed by atoms with E-state index in [9.17, 15) is 9.59 Å². The number of nitrogens with zero attached hydrogens (tertiary/aromatic N) is 1. The lowest BCUT2D eigenvalue weighted by molar-refractivity contribution is -0.128. The molecule has 1 N–H and O–H groups in total. The first-order valence-electron chi connectivity index (χ1n) is 5.58. The zero-order chi connectivity index (χ0) is 13.5. The number of carbonyl (C=O) groups is 2. The smallest absolute Gasteiger partial charge is 0.408 e. The van der Waals surface area contributed by atoms with Gasteiger partial charge in [0, 0.05) is 13.6 Å². The van der Waals surface area contributed by atoms with E-state index in [-0.39, 0.29) is 12.5 Å². The molecule has 0 saturated heterocycles. The molecule has 0 fully saturated rings. The van der Waals surface area contributed by atoms with Crippen molar-refractivity contribution in [2.45, 2.75) is 32.8 Å². The van der Waals surface area contributed by atoms with Crippen LogP contribution in [-0.2, 0) is 9.53 Å². The molecule has 0 aliphatic carbocycles. The minimum Gasteiger partial charge on any atom is -0.444 e. The Kier molecular flexibility index (Phi) is 6.31. The highest BCUT2D eigenvalue weighted by atomic mass is 16.6. The fourth-order valence-corrected chi connectivity index (χ4v) is 1.01. The van der Waals surface area contributed by atoms with Crippen LogP contribution in [0.3, 0.4) is 0 Å². The third-order valence-electron chi connectivity index (χ3n) is 1.88. The van der Waals surface area contributed by atoms with E-state index in [1.807, 2.05) is 0 Å². The minimum absolute atomic E-state index is 0.0530. The molecule has 0 aliphatic heterocycles. The molecule has 0 rings (SSSR count). The summed E-state index contributed by atoms with van der Waals surface area (Å²) < 4.78 is 5.01. The number of rotatable bonds is 5. The van der Waals surface area contributed by atoms with Gasteiger partial charge in [-0.2, -0.15) is 0 Å². The summed E-state index contributed by atoms with van der Waals surface area (Å²) in [6.45, 7) is 9.43. The van der Waals surface area contributed by atoms with E-state index in [2.05, 4.69) is 11.9 Å². The maximum atomic E-state index is 11.5. The first-order valence-corrected chi connectivity index (χ1v) is 5.58. The molecule has 2 amide bonds. The number of hydrogen-bond acceptors (Lipinski definition) is 3. The average molecular weight is 242 g/mol. The molecule has 98 valence electrons. The Bertz CT molecular complexity index is 282. The monoisotopic (exact) mass is 242 g/mol. The van der Waals surface area contributed by atoms with Crippen LogP contribution in [-0.4, -0.2) is 42.6 Å². The summed E-state index contributed by atoms with van der Waals surface area (Å²) in [5.74, 6) is -0.155. The van der Waals surface area contributed by atoms with Gasteiger partial charge in [-0.05, 0) is 27.2 Å². The maximum absolute atomic E-state index is 11.5. The van der Waals surface area contributed by atoms with Gasteiger partial charge in [0.1, 0.15) is 12.1 Å². The lowest BCUT2D eigenvalue weighted by Crippen LogP contribution is -2.40. The van der Waals surface area contributed by atoms with Gasteiger partial charge in [0.05, 0.1) is 0 Å². The molecule has 0 unspecified atom stereocenters. The van der Waals surface area contributed by atoms with Crippen LogP contribution in [0, 0.1) is 0 Å². The van der Waals surface area contributed by atoms with Crippen molar-refractivity contribution < 1.29 is 14.3 Å². The van der Waals surface area contributed by atoms with Gasteiger partial charge >= 0.3 is 6.09 Å². The van der Waals surface area contributed by atoms with Crippen LogP contribution in [0.2, 0.25) is 0 Å². The summed E-state index contributed by atoms with van der Waals surface area (Å²) in [5.41, 5.74) is -0.554. The number of carbonyl (C=O) groups excluding carboxylic acids is 2. The SMILES string of the molecule is C=CCCN(C)C(=O)CNC(=O)OC(C)(C)C. The summed E-state index contributed by atoms with van der Waals surface area (Å²) in [7, 11) is 1.68. The molecule has 5 heteroatoms. The highest BCUT2D eigenvalue weighted by molar-refractivity contribution is 5.82. The van der Waals surface area contributed by atoms with Crippen molar-refractivity contribution in [1.29, 1.82) is 0 Å². The van der Waals surface area contributed by atoms with Crippen molar-refractivity contribution in [2.75, 3.05) is 20.1 Å². The molecule has 0 atom stereocenters. The second kappa shape index (κ2) is 6.93. The normalized spacial score (nSPS) is 10.6. The Morgan fingerprint density at radius 3 is 2.47 bits per heavy atom. The van der Waals surface area contributed by atoms with Gasteiger partial charge in [-0.1, -0.05) is 6.08 Å². The molecule has 0 heterocycles. The van der Waals surface area contributed by atoms with Crippen LogP contribution in [0.25, 0.3) is 0 Å². The predicted molar refractivity (Wildman–Crippen MR) is 66.7 cm³/mol. The Labute approximate surface area is 103 Å². The van der Waals surface area contributed by atoms with E-state index in [1.165, 1.54) is 0 Å². The molecule has 0 bridgehead atoms. The van der Waals surface area contributed by atoms with Gasteiger partial charge < -0.3 is 15.0 Å². The average Bonchev–Trinajstić information content (AvgIpc) is 2.20. The number of nitrogens with one attached hydrogen (secondary N) is 1. The van der Waals surface area contributed by atoms with E-state index in [0.29, 0.717) is 6.54 Å². The van der Waals surface area contributed by atoms with E-state index in [1.54, 1.807) is 38.8 Å². The highest BCUT2D eigenvalue weighted by Gasteiger charge is 2.17. The molecular formula is C12H22N2O3. The van der Waals surface area contributed by atoms with Crippen molar-refractivity contribution >= 4 is 12.0 Å². The second-order valence-corrected chi connectivity index (χ2v) is 4.75. The first kappa shape index (κ1) is 15.5. The summed E-state index contributed by atoms with van der Waals surface area (Å²) in [6.07, 6.45) is 1.89. The lowest BCUT2D eigenvalue weighted by atomic mass is 10.2. The molecule has 17 heavy (non-hydrogen) atoms. The van der Waals surface area contributed by atoms with E-state index in [4.69, 9.17) is 4.74 Å². The summed E-state index contributed by atoms with van der Waals surface area (Å²) in [4.78, 5) is 24.4. The zero-order valence-electron chi connectivity index (χ0n) is 11.1. The molecule has 0 aliphatic rings. The molecule has 0 aromatic heterocycles. The van der Waals surface area contributed by atoms with Gasteiger partial charge in [0.25, 0.3) is 0 Å². The number of alkyl carbamates (subject to hydrolysis) is 1. The fraction of sp³-hybridized carbons (Fsp3) is 0.667. The summed E-state index contributed by atoms with van der Waals surface area (Å²) >= 11 is 0. The number of amides is 2. The summed E-state index contributed by atoms with van der Waals surface area (Å²) in [6, 6.07) is 0. The molecule has 0 radical (unpaired) electrons. The number of hydrogen-bond donors (Lipinski definition) is 1. The van der Waals surface area contributed by atoms with E-state index < -0.39 is 11.7 Å². The van der Waals surface area contributed by atoms with Gasteiger partial charge in [0.15, 0.2) is 0 Å². The largest absolute Gasteiger partial charge is 0.444 e. The Balaban J connectivity index is 3.91. The van der Waals surface area contributed by atoms with Crippen LogP contribution in [0.1, 0.15) is 27.2 Å². The van der Waals surface area contributed by atoms with Gasteiger partial charge in [0.2, 0.25) is 5.91 Å². The Hall–Kier alpha value is -1.52. The Morgan fingerprint density at radius 2 is 2.00 bits per heavy atom. The van der Waals surface area contributed by atoms with Crippen molar-refractivity contribution in [2.24, 2.45) is 0 Å². The molecule has 5 nitrogen and oxygen atoms in total. The molecule has 0 aromatic rings. The topological polar surface area (TPSA) is 58.6 Å². The van der Waals surface area contributed by atoms with Crippen molar-refractivity contribution in [3.05, 3.63) is 12.7 Å². The molecule has 0 aromatic carbocycles. The maximum Gasteiger partial charge on any atom is 0.408 e. The lowest BCUT2D eigenvalue weighted by Gasteiger charge is -2.20.